The minimum atomic E-state index is 0.545. The predicted molar refractivity (Wildman–Crippen MR) is 151 cm³/mol. The lowest BCUT2D eigenvalue weighted by Gasteiger charge is -2.41. The van der Waals surface area contributed by atoms with Crippen LogP contribution in [0, 0.1) is 41.4 Å². The highest BCUT2D eigenvalue weighted by atomic mass is 16.5. The van der Waals surface area contributed by atoms with E-state index < -0.39 is 0 Å². The highest BCUT2D eigenvalue weighted by Crippen LogP contribution is 2.44. The second-order valence-corrected chi connectivity index (χ2v) is 12.4. The van der Waals surface area contributed by atoms with Crippen molar-refractivity contribution in [2.24, 2.45) is 46.4 Å². The summed E-state index contributed by atoms with van der Waals surface area (Å²) >= 11 is 0. The van der Waals surface area contributed by atoms with Gasteiger partial charge in [-0.15, -0.1) is 0 Å². The monoisotopic (exact) mass is 478 g/mol. The molecule has 1 aliphatic carbocycles. The van der Waals surface area contributed by atoms with E-state index in [2.05, 4.69) is 64.7 Å². The van der Waals surface area contributed by atoms with Crippen molar-refractivity contribution in [1.82, 2.24) is 4.98 Å². The zero-order valence-corrected chi connectivity index (χ0v) is 23.5. The van der Waals surface area contributed by atoms with E-state index in [1.165, 1.54) is 72.8 Å². The first-order valence-electron chi connectivity index (χ1n) is 14.6. The lowest BCUT2D eigenvalue weighted by Crippen LogP contribution is -2.37. The highest BCUT2D eigenvalue weighted by molar-refractivity contribution is 6.07. The Morgan fingerprint density at radius 1 is 1.09 bits per heavy atom. The van der Waals surface area contributed by atoms with Crippen molar-refractivity contribution < 1.29 is 4.74 Å². The number of nitrogens with one attached hydrogen (secondary N) is 1. The molecule has 194 valence electrons. The van der Waals surface area contributed by atoms with Crippen LogP contribution in [-0.2, 0) is 6.42 Å². The van der Waals surface area contributed by atoms with Crippen LogP contribution >= 0.6 is 0 Å². The van der Waals surface area contributed by atoms with Crippen LogP contribution in [0.25, 0.3) is 10.9 Å². The summed E-state index contributed by atoms with van der Waals surface area (Å²) in [4.78, 5) is 9.17. The Bertz CT molecular complexity index is 1000. The standard InChI is InChI=1S/C32H50N2O/c1-8-10-23(20(2)3)17-22(6)30(25-12-9-11-24(18-25)21(4)5)32-31-28(15-16-33-32)27-14-13-26(35-7)19-29(27)34-31/h13-14,19-25,30,34H,8-12,15-18H2,1-7H3/t22-,23?,24?,25-,30?/m0/s1. The number of H-pyrrole nitrogens is 1. The molecule has 0 bridgehead atoms. The average molecular weight is 479 g/mol. The molecule has 0 saturated heterocycles. The first-order chi connectivity index (χ1) is 16.8. The number of benzene rings is 1. The molecule has 0 radical (unpaired) electrons. The zero-order chi connectivity index (χ0) is 25.1. The molecule has 5 atom stereocenters. The molecule has 0 spiro atoms. The Morgan fingerprint density at radius 3 is 2.54 bits per heavy atom. The number of rotatable bonds is 10. The Morgan fingerprint density at radius 2 is 1.86 bits per heavy atom. The van der Waals surface area contributed by atoms with E-state index in [0.29, 0.717) is 11.8 Å². The quantitative estimate of drug-likeness (QED) is 0.364. The molecule has 1 aromatic carbocycles. The van der Waals surface area contributed by atoms with Crippen LogP contribution in [-0.4, -0.2) is 24.4 Å². The number of aromatic nitrogens is 1. The fraction of sp³-hybridized carbons (Fsp3) is 0.719. The zero-order valence-electron chi connectivity index (χ0n) is 23.5. The Balaban J connectivity index is 1.73. The Hall–Kier alpha value is -1.77. The van der Waals surface area contributed by atoms with Crippen molar-refractivity contribution in [3.8, 4) is 5.75 Å². The molecule has 1 N–H and O–H groups in total. The van der Waals surface area contributed by atoms with Crippen LogP contribution in [0.4, 0.5) is 0 Å². The highest BCUT2D eigenvalue weighted by Gasteiger charge is 2.39. The van der Waals surface area contributed by atoms with Crippen LogP contribution in [0.3, 0.4) is 0 Å². The van der Waals surface area contributed by atoms with E-state index in [4.69, 9.17) is 9.73 Å². The molecule has 1 fully saturated rings. The predicted octanol–water partition coefficient (Wildman–Crippen LogP) is 8.70. The summed E-state index contributed by atoms with van der Waals surface area (Å²) in [6.07, 6.45) is 10.5. The fourth-order valence-corrected chi connectivity index (χ4v) is 7.35. The third kappa shape index (κ3) is 5.65. The van der Waals surface area contributed by atoms with Crippen LogP contribution in [0.5, 0.6) is 5.75 Å². The third-order valence-electron chi connectivity index (χ3n) is 9.42. The van der Waals surface area contributed by atoms with E-state index in [0.717, 1.165) is 48.3 Å². The number of fused-ring (bicyclic) bond motifs is 3. The van der Waals surface area contributed by atoms with E-state index in [9.17, 15) is 0 Å². The molecule has 2 aromatic rings. The molecule has 3 heteroatoms. The van der Waals surface area contributed by atoms with Gasteiger partial charge in [0.15, 0.2) is 0 Å². The van der Waals surface area contributed by atoms with Gasteiger partial charge in [-0.25, -0.2) is 0 Å². The van der Waals surface area contributed by atoms with E-state index >= 15 is 0 Å². The number of aliphatic imine (C=N–C) groups is 1. The van der Waals surface area contributed by atoms with E-state index in [1.807, 2.05) is 0 Å². The summed E-state index contributed by atoms with van der Waals surface area (Å²) in [5.41, 5.74) is 5.40. The number of nitrogens with zero attached hydrogens (tertiary/aromatic N) is 1. The molecule has 4 rings (SSSR count). The topological polar surface area (TPSA) is 37.4 Å². The van der Waals surface area contributed by atoms with Crippen molar-refractivity contribution in [2.45, 2.75) is 92.9 Å². The third-order valence-corrected chi connectivity index (χ3v) is 9.42. The van der Waals surface area contributed by atoms with Crippen LogP contribution in [0.1, 0.15) is 97.7 Å². The number of hydrogen-bond acceptors (Lipinski definition) is 2. The molecule has 1 saturated carbocycles. The maximum absolute atomic E-state index is 5.54. The van der Waals surface area contributed by atoms with Crippen molar-refractivity contribution in [1.29, 1.82) is 0 Å². The number of methoxy groups -OCH3 is 1. The SMILES string of the molecule is CCCC(C[C@H](C)C(C1=NCCc2c1[nH]c1cc(OC)ccc21)[C@H]1CCCC(C(C)C)C1)C(C)C. The van der Waals surface area contributed by atoms with Gasteiger partial charge in [0.05, 0.1) is 18.5 Å². The molecule has 0 amide bonds. The molecular weight excluding hydrogens is 428 g/mol. The van der Waals surface area contributed by atoms with Crippen LogP contribution < -0.4 is 4.74 Å². The molecular formula is C32H50N2O. The largest absolute Gasteiger partial charge is 0.497 e. The van der Waals surface area contributed by atoms with Crippen molar-refractivity contribution in [3.05, 3.63) is 29.5 Å². The van der Waals surface area contributed by atoms with Gasteiger partial charge in [-0.2, -0.15) is 0 Å². The second kappa shape index (κ2) is 11.5. The van der Waals surface area contributed by atoms with Crippen LogP contribution in [0.15, 0.2) is 23.2 Å². The van der Waals surface area contributed by atoms with Crippen molar-refractivity contribution in [3.63, 3.8) is 0 Å². The van der Waals surface area contributed by atoms with Gasteiger partial charge in [0.2, 0.25) is 0 Å². The molecule has 2 heterocycles. The Kier molecular flexibility index (Phi) is 8.66. The molecule has 1 aliphatic heterocycles. The molecule has 3 unspecified atom stereocenters. The maximum Gasteiger partial charge on any atom is 0.120 e. The fourth-order valence-electron chi connectivity index (χ4n) is 7.35. The molecule has 2 aliphatic rings. The van der Waals surface area contributed by atoms with Gasteiger partial charge in [-0.3, -0.25) is 4.99 Å². The smallest absolute Gasteiger partial charge is 0.120 e. The lowest BCUT2D eigenvalue weighted by atomic mass is 9.64. The minimum absolute atomic E-state index is 0.545. The van der Waals surface area contributed by atoms with Gasteiger partial charge in [0.1, 0.15) is 5.75 Å². The minimum Gasteiger partial charge on any atom is -0.497 e. The normalized spacial score (nSPS) is 23.3. The summed E-state index contributed by atoms with van der Waals surface area (Å²) in [7, 11) is 1.75. The number of hydrogen-bond donors (Lipinski definition) is 1. The molecule has 3 nitrogen and oxygen atoms in total. The maximum atomic E-state index is 5.54. The first-order valence-corrected chi connectivity index (χ1v) is 14.6. The number of ether oxygens (including phenoxy) is 1. The second-order valence-electron chi connectivity index (χ2n) is 12.4. The summed E-state index contributed by atoms with van der Waals surface area (Å²) in [6.45, 7) is 15.6. The van der Waals surface area contributed by atoms with E-state index in [1.54, 1.807) is 7.11 Å². The number of aromatic amines is 1. The van der Waals surface area contributed by atoms with Gasteiger partial charge in [-0.1, -0.05) is 67.2 Å². The first kappa shape index (κ1) is 26.3. The molecule has 1 aromatic heterocycles. The molecule has 35 heavy (non-hydrogen) atoms. The van der Waals surface area contributed by atoms with E-state index in [-0.39, 0.29) is 0 Å². The van der Waals surface area contributed by atoms with Gasteiger partial charge in [0.25, 0.3) is 0 Å². The summed E-state index contributed by atoms with van der Waals surface area (Å²) in [6, 6.07) is 6.51. The van der Waals surface area contributed by atoms with Crippen molar-refractivity contribution >= 4 is 16.6 Å². The van der Waals surface area contributed by atoms with Gasteiger partial charge in [0, 0.05) is 29.4 Å². The summed E-state index contributed by atoms with van der Waals surface area (Å²) in [5, 5.41) is 1.36. The van der Waals surface area contributed by atoms with Crippen LogP contribution in [0.2, 0.25) is 0 Å². The van der Waals surface area contributed by atoms with Crippen molar-refractivity contribution in [2.75, 3.05) is 13.7 Å². The van der Waals surface area contributed by atoms with Gasteiger partial charge < -0.3 is 9.72 Å². The lowest BCUT2D eigenvalue weighted by molar-refractivity contribution is 0.147. The summed E-state index contributed by atoms with van der Waals surface area (Å²) < 4.78 is 5.54. The van der Waals surface area contributed by atoms with Gasteiger partial charge >= 0.3 is 0 Å². The average Bonchev–Trinajstić information content (AvgIpc) is 3.22. The van der Waals surface area contributed by atoms with Gasteiger partial charge in [-0.05, 0) is 78.9 Å². The summed E-state index contributed by atoms with van der Waals surface area (Å²) in [5.74, 6) is 6.04. The Labute approximate surface area is 214 Å².